The number of benzene rings is 1. The van der Waals surface area contributed by atoms with Crippen molar-refractivity contribution in [2.45, 2.75) is 19.2 Å². The van der Waals surface area contributed by atoms with Gasteiger partial charge in [-0.05, 0) is 23.8 Å². The Morgan fingerprint density at radius 2 is 1.79 bits per heavy atom. The summed E-state index contributed by atoms with van der Waals surface area (Å²) in [5, 5.41) is 9.94. The maximum atomic E-state index is 11.5. The second kappa shape index (κ2) is 4.69. The molecule has 1 aromatic rings. The number of carboxylic acids is 1. The Hall–Kier alpha value is -0.700. The predicted octanol–water partition coefficient (Wildman–Crippen LogP) is 4.64. The Morgan fingerprint density at radius 3 is 2.16 bits per heavy atom. The van der Waals surface area contributed by atoms with Gasteiger partial charge in [-0.2, -0.15) is 0 Å². The number of alkyl halides is 1. The van der Waals surface area contributed by atoms with E-state index in [0.29, 0.717) is 10.1 Å². The molecular weight excluding hydrogens is 307 g/mol. The topological polar surface area (TPSA) is 37.3 Å². The lowest BCUT2D eigenvalue weighted by Gasteiger charge is -2.11. The smallest absolute Gasteiger partial charge is 0.315 e. The first kappa shape index (κ1) is 14.7. The van der Waals surface area contributed by atoms with Crippen LogP contribution in [0.25, 0.3) is 5.03 Å². The molecule has 2 nitrogen and oxygen atoms in total. The molecule has 1 aromatic carbocycles. The summed E-state index contributed by atoms with van der Waals surface area (Å²) >= 11 is 18.2. The Kier molecular flexibility index (Phi) is 3.63. The summed E-state index contributed by atoms with van der Waals surface area (Å²) in [6.45, 7) is 3.64. The zero-order chi connectivity index (χ0) is 14.4. The van der Waals surface area contributed by atoms with Gasteiger partial charge in [-0.1, -0.05) is 49.2 Å². The molecule has 5 heteroatoms. The predicted molar refractivity (Wildman–Crippen MR) is 78.8 cm³/mol. The molecule has 0 heterocycles. The third-order valence-electron chi connectivity index (χ3n) is 3.84. The first-order valence-corrected chi connectivity index (χ1v) is 6.94. The van der Waals surface area contributed by atoms with E-state index in [1.54, 1.807) is 24.3 Å². The minimum atomic E-state index is -1.12. The van der Waals surface area contributed by atoms with Gasteiger partial charge in [0.2, 0.25) is 0 Å². The number of carboxylic acid groups (broad SMARTS) is 1. The fourth-order valence-electron chi connectivity index (χ4n) is 2.33. The van der Waals surface area contributed by atoms with Gasteiger partial charge in [-0.15, -0.1) is 11.6 Å². The molecule has 2 unspecified atom stereocenters. The summed E-state index contributed by atoms with van der Waals surface area (Å²) < 4.78 is 0. The number of carbonyl (C=O) groups is 1. The van der Waals surface area contributed by atoms with E-state index in [1.165, 1.54) is 6.08 Å². The number of halogens is 3. The molecule has 0 aliphatic heterocycles. The van der Waals surface area contributed by atoms with Gasteiger partial charge in [0.15, 0.2) is 0 Å². The van der Waals surface area contributed by atoms with Crippen molar-refractivity contribution in [2.24, 2.45) is 10.8 Å². The molecule has 2 atom stereocenters. The standard InChI is InChI=1S/C14H13Cl3O2/c1-13(2)11(17)14(13,12(18)19)7-10(16)8-3-5-9(15)6-4-8/h3-7,11H,1-2H3,(H,18,19). The van der Waals surface area contributed by atoms with Crippen LogP contribution in [0.2, 0.25) is 5.02 Å². The molecule has 0 saturated heterocycles. The van der Waals surface area contributed by atoms with Crippen molar-refractivity contribution in [1.82, 2.24) is 0 Å². The summed E-state index contributed by atoms with van der Waals surface area (Å²) in [6, 6.07) is 6.90. The molecule has 1 aliphatic rings. The van der Waals surface area contributed by atoms with Crippen LogP contribution in [0.4, 0.5) is 0 Å². The van der Waals surface area contributed by atoms with Crippen LogP contribution in [0.1, 0.15) is 19.4 Å². The second-order valence-electron chi connectivity index (χ2n) is 5.26. The van der Waals surface area contributed by atoms with Gasteiger partial charge in [0.25, 0.3) is 0 Å². The fourth-order valence-corrected chi connectivity index (χ4v) is 3.31. The largest absolute Gasteiger partial charge is 0.481 e. The molecule has 0 aromatic heterocycles. The minimum absolute atomic E-state index is 0.371. The molecule has 1 N–H and O–H groups in total. The molecule has 2 rings (SSSR count). The summed E-state index contributed by atoms with van der Waals surface area (Å²) in [4.78, 5) is 11.5. The fraction of sp³-hybridized carbons (Fsp3) is 0.357. The second-order valence-corrected chi connectivity index (χ2v) is 6.54. The van der Waals surface area contributed by atoms with Gasteiger partial charge >= 0.3 is 5.97 Å². The van der Waals surface area contributed by atoms with Crippen LogP contribution in [-0.4, -0.2) is 16.5 Å². The van der Waals surface area contributed by atoms with E-state index in [0.717, 1.165) is 5.56 Å². The van der Waals surface area contributed by atoms with E-state index < -0.39 is 22.2 Å². The highest BCUT2D eigenvalue weighted by molar-refractivity contribution is 6.49. The summed E-state index contributed by atoms with van der Waals surface area (Å²) in [6.07, 6.45) is 1.54. The molecule has 19 heavy (non-hydrogen) atoms. The lowest BCUT2D eigenvalue weighted by atomic mass is 9.94. The normalized spacial score (nSPS) is 29.1. The maximum absolute atomic E-state index is 11.5. The number of aliphatic carboxylic acids is 1. The van der Waals surface area contributed by atoms with Crippen molar-refractivity contribution in [3.8, 4) is 0 Å². The Bertz CT molecular complexity index is 548. The van der Waals surface area contributed by atoms with Crippen molar-refractivity contribution in [2.75, 3.05) is 0 Å². The van der Waals surface area contributed by atoms with Crippen LogP contribution in [-0.2, 0) is 4.79 Å². The highest BCUT2D eigenvalue weighted by Gasteiger charge is 2.74. The highest BCUT2D eigenvalue weighted by atomic mass is 35.5. The van der Waals surface area contributed by atoms with Crippen molar-refractivity contribution >= 4 is 45.8 Å². The van der Waals surface area contributed by atoms with Crippen molar-refractivity contribution in [1.29, 1.82) is 0 Å². The first-order chi connectivity index (χ1) is 8.73. The SMILES string of the molecule is CC1(C)C(Cl)C1(C=C(Cl)c1ccc(Cl)cc1)C(=O)O. The lowest BCUT2D eigenvalue weighted by Crippen LogP contribution is -2.19. The van der Waals surface area contributed by atoms with Gasteiger partial charge in [-0.25, -0.2) is 0 Å². The van der Waals surface area contributed by atoms with Crippen LogP contribution in [0.3, 0.4) is 0 Å². The third-order valence-corrected chi connectivity index (χ3v) is 5.31. The van der Waals surface area contributed by atoms with Crippen LogP contribution in [0, 0.1) is 10.8 Å². The van der Waals surface area contributed by atoms with E-state index in [2.05, 4.69) is 0 Å². The summed E-state index contributed by atoms with van der Waals surface area (Å²) in [5.41, 5.74) is -0.920. The third kappa shape index (κ3) is 2.16. The first-order valence-electron chi connectivity index (χ1n) is 5.75. The van der Waals surface area contributed by atoms with E-state index in [1.807, 2.05) is 13.8 Å². The van der Waals surface area contributed by atoms with Gasteiger partial charge in [-0.3, -0.25) is 4.79 Å². The summed E-state index contributed by atoms with van der Waals surface area (Å²) in [7, 11) is 0. The maximum Gasteiger partial charge on any atom is 0.315 e. The van der Waals surface area contributed by atoms with Crippen molar-refractivity contribution < 1.29 is 9.90 Å². The number of hydrogen-bond acceptors (Lipinski definition) is 1. The Labute approximate surface area is 127 Å². The number of rotatable bonds is 3. The molecule has 0 bridgehead atoms. The van der Waals surface area contributed by atoms with Gasteiger partial charge in [0.05, 0.1) is 5.38 Å². The number of hydrogen-bond donors (Lipinski definition) is 1. The molecule has 102 valence electrons. The van der Waals surface area contributed by atoms with Crippen LogP contribution >= 0.6 is 34.8 Å². The van der Waals surface area contributed by atoms with Crippen LogP contribution < -0.4 is 0 Å². The van der Waals surface area contributed by atoms with Crippen LogP contribution in [0.5, 0.6) is 0 Å². The molecule has 0 radical (unpaired) electrons. The zero-order valence-corrected chi connectivity index (χ0v) is 12.7. The summed E-state index contributed by atoms with van der Waals surface area (Å²) in [5.74, 6) is -0.954. The highest BCUT2D eigenvalue weighted by Crippen LogP contribution is 2.68. The van der Waals surface area contributed by atoms with Crippen molar-refractivity contribution in [3.63, 3.8) is 0 Å². The molecule has 1 fully saturated rings. The van der Waals surface area contributed by atoms with Gasteiger partial charge in [0, 0.05) is 15.5 Å². The lowest BCUT2D eigenvalue weighted by molar-refractivity contribution is -0.142. The molecular formula is C14H13Cl3O2. The minimum Gasteiger partial charge on any atom is -0.481 e. The average molecular weight is 320 g/mol. The Balaban J connectivity index is 2.40. The Morgan fingerprint density at radius 1 is 1.32 bits per heavy atom. The molecule has 0 spiro atoms. The monoisotopic (exact) mass is 318 g/mol. The zero-order valence-electron chi connectivity index (χ0n) is 10.5. The van der Waals surface area contributed by atoms with E-state index >= 15 is 0 Å². The van der Waals surface area contributed by atoms with E-state index in [9.17, 15) is 9.90 Å². The molecule has 0 amide bonds. The molecule has 1 aliphatic carbocycles. The van der Waals surface area contributed by atoms with Gasteiger partial charge < -0.3 is 5.11 Å². The van der Waals surface area contributed by atoms with E-state index in [-0.39, 0.29) is 0 Å². The average Bonchev–Trinajstić information content (AvgIpc) is 2.76. The van der Waals surface area contributed by atoms with Crippen molar-refractivity contribution in [3.05, 3.63) is 40.9 Å². The van der Waals surface area contributed by atoms with E-state index in [4.69, 9.17) is 34.8 Å². The van der Waals surface area contributed by atoms with Crippen LogP contribution in [0.15, 0.2) is 30.3 Å². The van der Waals surface area contributed by atoms with Gasteiger partial charge in [0.1, 0.15) is 5.41 Å². The quantitative estimate of drug-likeness (QED) is 0.824. The molecule has 1 saturated carbocycles.